The number of benzene rings is 2. The van der Waals surface area contributed by atoms with Crippen molar-refractivity contribution >= 4 is 39.1 Å². The molecule has 5 nitrogen and oxygen atoms in total. The summed E-state index contributed by atoms with van der Waals surface area (Å²) in [5, 5.41) is 3.95. The van der Waals surface area contributed by atoms with Gasteiger partial charge < -0.3 is 5.32 Å². The number of thiophene rings is 1. The highest BCUT2D eigenvalue weighted by atomic mass is 35.5. The van der Waals surface area contributed by atoms with Crippen molar-refractivity contribution in [1.82, 2.24) is 14.9 Å². The topological polar surface area (TPSA) is 64.0 Å². The number of aryl methyl sites for hydroxylation is 1. The van der Waals surface area contributed by atoms with Gasteiger partial charge in [0.2, 0.25) is 5.91 Å². The van der Waals surface area contributed by atoms with Gasteiger partial charge in [0.25, 0.3) is 5.56 Å². The molecule has 1 amide bonds. The van der Waals surface area contributed by atoms with Gasteiger partial charge in [-0.1, -0.05) is 60.1 Å². The van der Waals surface area contributed by atoms with Crippen LogP contribution in [-0.2, 0) is 17.9 Å². The molecule has 1 N–H and O–H groups in total. The van der Waals surface area contributed by atoms with Gasteiger partial charge in [0, 0.05) is 22.0 Å². The van der Waals surface area contributed by atoms with E-state index in [4.69, 9.17) is 11.6 Å². The number of aromatic nitrogens is 2. The zero-order valence-electron chi connectivity index (χ0n) is 15.7. The summed E-state index contributed by atoms with van der Waals surface area (Å²) < 4.78 is 1.35. The summed E-state index contributed by atoms with van der Waals surface area (Å²) in [7, 11) is 0. The molecule has 0 aliphatic heterocycles. The average molecular weight is 424 g/mol. The van der Waals surface area contributed by atoms with Crippen LogP contribution in [-0.4, -0.2) is 15.5 Å². The van der Waals surface area contributed by atoms with Crippen LogP contribution >= 0.6 is 22.9 Å². The summed E-state index contributed by atoms with van der Waals surface area (Å²) in [5.41, 5.74) is 2.46. The van der Waals surface area contributed by atoms with E-state index < -0.39 is 0 Å². The first-order valence-corrected chi connectivity index (χ1v) is 10.3. The van der Waals surface area contributed by atoms with E-state index in [2.05, 4.69) is 10.3 Å². The normalized spacial score (nSPS) is 11.0. The van der Waals surface area contributed by atoms with E-state index >= 15 is 0 Å². The molecule has 0 saturated heterocycles. The van der Waals surface area contributed by atoms with E-state index in [1.807, 2.05) is 55.5 Å². The van der Waals surface area contributed by atoms with Crippen molar-refractivity contribution in [3.8, 4) is 11.1 Å². The third kappa shape index (κ3) is 3.95. The molecule has 0 aliphatic carbocycles. The van der Waals surface area contributed by atoms with Crippen molar-refractivity contribution in [2.24, 2.45) is 0 Å². The van der Waals surface area contributed by atoms with Gasteiger partial charge in [-0.05, 0) is 24.1 Å². The first kappa shape index (κ1) is 19.4. The van der Waals surface area contributed by atoms with E-state index in [1.54, 1.807) is 6.07 Å². The Hall–Kier alpha value is -2.96. The smallest absolute Gasteiger partial charge is 0.263 e. The summed E-state index contributed by atoms with van der Waals surface area (Å²) in [6, 6.07) is 17.1. The highest BCUT2D eigenvalue weighted by Crippen LogP contribution is 2.35. The largest absolute Gasteiger partial charge is 0.350 e. The Balaban J connectivity index is 1.62. The molecule has 0 saturated carbocycles. The molecule has 0 fully saturated rings. The molecule has 2 aromatic heterocycles. The lowest BCUT2D eigenvalue weighted by molar-refractivity contribution is -0.121. The Morgan fingerprint density at radius 2 is 1.86 bits per heavy atom. The minimum Gasteiger partial charge on any atom is -0.350 e. The summed E-state index contributed by atoms with van der Waals surface area (Å²) in [6.07, 6.45) is 1.43. The predicted molar refractivity (Wildman–Crippen MR) is 117 cm³/mol. The molecule has 29 heavy (non-hydrogen) atoms. The predicted octanol–water partition coefficient (Wildman–Crippen LogP) is 4.40. The standard InChI is InChI=1S/C22H18ClN3O2S/c1-14-19(15-7-3-2-4-8-15)20-21(29-14)25-13-26(22(20)28)12-18(27)24-11-16-9-5-6-10-17(16)23/h2-10,13H,11-12H2,1H3,(H,24,27). The fraction of sp³-hybridized carbons (Fsp3) is 0.136. The Morgan fingerprint density at radius 1 is 1.14 bits per heavy atom. The molecular formula is C22H18ClN3O2S. The molecule has 2 aromatic carbocycles. The van der Waals surface area contributed by atoms with Crippen LogP contribution < -0.4 is 10.9 Å². The molecule has 0 radical (unpaired) electrons. The van der Waals surface area contributed by atoms with Crippen molar-refractivity contribution in [2.75, 3.05) is 0 Å². The minimum absolute atomic E-state index is 0.102. The summed E-state index contributed by atoms with van der Waals surface area (Å²) in [6.45, 7) is 2.18. The monoisotopic (exact) mass is 423 g/mol. The maximum absolute atomic E-state index is 13.1. The molecule has 0 bridgehead atoms. The zero-order valence-corrected chi connectivity index (χ0v) is 17.3. The highest BCUT2D eigenvalue weighted by Gasteiger charge is 2.17. The van der Waals surface area contributed by atoms with Crippen molar-refractivity contribution in [2.45, 2.75) is 20.0 Å². The Kier molecular flexibility index (Phi) is 5.47. The first-order chi connectivity index (χ1) is 14.0. The first-order valence-electron chi connectivity index (χ1n) is 9.08. The molecule has 0 aliphatic rings. The molecule has 7 heteroatoms. The highest BCUT2D eigenvalue weighted by molar-refractivity contribution is 7.19. The number of hydrogen-bond donors (Lipinski definition) is 1. The SMILES string of the molecule is Cc1sc2ncn(CC(=O)NCc3ccccc3Cl)c(=O)c2c1-c1ccccc1. The summed E-state index contributed by atoms with van der Waals surface area (Å²) in [4.78, 5) is 31.7. The lowest BCUT2D eigenvalue weighted by Gasteiger charge is -2.09. The van der Waals surface area contributed by atoms with Crippen LogP contribution in [0.1, 0.15) is 10.4 Å². The summed E-state index contributed by atoms with van der Waals surface area (Å²) in [5.74, 6) is -0.276. The number of carbonyl (C=O) groups is 1. The number of rotatable bonds is 5. The van der Waals surface area contributed by atoms with Crippen LogP contribution in [0.3, 0.4) is 0 Å². The van der Waals surface area contributed by atoms with Crippen LogP contribution in [0.15, 0.2) is 65.7 Å². The van der Waals surface area contributed by atoms with Crippen LogP contribution in [0.4, 0.5) is 0 Å². The minimum atomic E-state index is -0.276. The van der Waals surface area contributed by atoms with Crippen molar-refractivity contribution < 1.29 is 4.79 Å². The molecule has 2 heterocycles. The van der Waals surface area contributed by atoms with E-state index in [1.165, 1.54) is 22.2 Å². The summed E-state index contributed by atoms with van der Waals surface area (Å²) >= 11 is 7.61. The Morgan fingerprint density at radius 3 is 2.62 bits per heavy atom. The van der Waals surface area contributed by atoms with Gasteiger partial charge in [-0.25, -0.2) is 4.98 Å². The van der Waals surface area contributed by atoms with E-state index in [0.717, 1.165) is 21.6 Å². The number of hydrogen-bond acceptors (Lipinski definition) is 4. The second-order valence-corrected chi connectivity index (χ2v) is 8.24. The van der Waals surface area contributed by atoms with Crippen LogP contribution in [0.5, 0.6) is 0 Å². The number of nitrogens with one attached hydrogen (secondary N) is 1. The van der Waals surface area contributed by atoms with E-state index in [9.17, 15) is 9.59 Å². The van der Waals surface area contributed by atoms with Gasteiger partial charge in [-0.2, -0.15) is 0 Å². The van der Waals surface area contributed by atoms with Crippen molar-refractivity contribution in [3.63, 3.8) is 0 Å². The Bertz CT molecular complexity index is 1250. The molecule has 0 unspecified atom stereocenters. The van der Waals surface area contributed by atoms with Crippen LogP contribution in [0, 0.1) is 6.92 Å². The molecule has 0 atom stereocenters. The maximum Gasteiger partial charge on any atom is 0.263 e. The third-order valence-corrected chi connectivity index (χ3v) is 6.05. The van der Waals surface area contributed by atoms with Gasteiger partial charge in [-0.15, -0.1) is 11.3 Å². The quantitative estimate of drug-likeness (QED) is 0.517. The van der Waals surface area contributed by atoms with Gasteiger partial charge in [-0.3, -0.25) is 14.2 Å². The number of halogens is 1. The average Bonchev–Trinajstić information content (AvgIpc) is 3.07. The van der Waals surface area contributed by atoms with Gasteiger partial charge in [0.1, 0.15) is 11.4 Å². The van der Waals surface area contributed by atoms with Crippen molar-refractivity contribution in [1.29, 1.82) is 0 Å². The van der Waals surface area contributed by atoms with E-state index in [0.29, 0.717) is 21.8 Å². The lowest BCUT2D eigenvalue weighted by atomic mass is 10.0. The van der Waals surface area contributed by atoms with Crippen LogP contribution in [0.25, 0.3) is 21.3 Å². The molecule has 0 spiro atoms. The number of amides is 1. The van der Waals surface area contributed by atoms with Gasteiger partial charge in [0.05, 0.1) is 11.7 Å². The fourth-order valence-corrected chi connectivity index (χ4v) is 4.45. The third-order valence-electron chi connectivity index (χ3n) is 4.67. The van der Waals surface area contributed by atoms with Crippen LogP contribution in [0.2, 0.25) is 5.02 Å². The molecular weight excluding hydrogens is 406 g/mol. The Labute approximate surface area is 176 Å². The number of fused-ring (bicyclic) bond motifs is 1. The fourth-order valence-electron chi connectivity index (χ4n) is 3.25. The number of nitrogens with zero attached hydrogens (tertiary/aromatic N) is 2. The van der Waals surface area contributed by atoms with Crippen molar-refractivity contribution in [3.05, 3.63) is 86.7 Å². The second-order valence-electron chi connectivity index (χ2n) is 6.63. The van der Waals surface area contributed by atoms with Gasteiger partial charge >= 0.3 is 0 Å². The molecule has 146 valence electrons. The maximum atomic E-state index is 13.1. The molecule has 4 aromatic rings. The molecule has 4 rings (SSSR count). The zero-order chi connectivity index (χ0) is 20.4. The lowest BCUT2D eigenvalue weighted by Crippen LogP contribution is -2.32. The van der Waals surface area contributed by atoms with E-state index in [-0.39, 0.29) is 18.0 Å². The second kappa shape index (κ2) is 8.19. The number of carbonyl (C=O) groups excluding carboxylic acids is 1. The van der Waals surface area contributed by atoms with Gasteiger partial charge in [0.15, 0.2) is 0 Å².